The molecule has 0 bridgehead atoms. The van der Waals surface area contributed by atoms with Gasteiger partial charge in [-0.2, -0.15) is 13.2 Å². The number of aryl methyl sites for hydroxylation is 1. The molecule has 2 heterocycles. The minimum absolute atomic E-state index is 0.0151. The number of benzene rings is 1. The third-order valence-corrected chi connectivity index (χ3v) is 7.84. The van der Waals surface area contributed by atoms with Crippen LogP contribution in [0, 0.1) is 18.2 Å². The molecule has 13 heteroatoms. The van der Waals surface area contributed by atoms with Gasteiger partial charge >= 0.3 is 6.18 Å². The predicted octanol–water partition coefficient (Wildman–Crippen LogP) is 6.00. The fourth-order valence-electron chi connectivity index (χ4n) is 4.18. The molecule has 3 aromatic rings. The van der Waals surface area contributed by atoms with E-state index in [1.54, 1.807) is 0 Å². The largest absolute Gasteiger partial charge is 0.435 e. The summed E-state index contributed by atoms with van der Waals surface area (Å²) >= 11 is 0. The van der Waals surface area contributed by atoms with Gasteiger partial charge in [0.05, 0.1) is 10.9 Å². The van der Waals surface area contributed by atoms with Crippen molar-refractivity contribution in [3.63, 3.8) is 0 Å². The molecule has 202 valence electrons. The third-order valence-electron chi connectivity index (χ3n) is 5.90. The molecule has 1 aliphatic carbocycles. The van der Waals surface area contributed by atoms with Gasteiger partial charge in [-0.3, -0.25) is 4.98 Å². The zero-order valence-electron chi connectivity index (χ0n) is 20.5. The molecule has 0 saturated heterocycles. The molecule has 1 atom stereocenters. The number of aromatic nitrogens is 3. The number of fused-ring (bicyclic) bond motifs is 1. The molecule has 37 heavy (non-hydrogen) atoms. The van der Waals surface area contributed by atoms with E-state index >= 15 is 4.39 Å². The van der Waals surface area contributed by atoms with Crippen LogP contribution in [-0.4, -0.2) is 34.6 Å². The van der Waals surface area contributed by atoms with Gasteiger partial charge in [0.2, 0.25) is 10.0 Å². The summed E-state index contributed by atoms with van der Waals surface area (Å²) in [5.74, 6) is -1.14. The Balaban J connectivity index is 1.95. The van der Waals surface area contributed by atoms with E-state index in [9.17, 15) is 30.4 Å². The van der Waals surface area contributed by atoms with Crippen molar-refractivity contribution >= 4 is 20.9 Å². The molecule has 1 N–H and O–H groups in total. The molecule has 4 rings (SSSR count). The second kappa shape index (κ2) is 9.26. The highest BCUT2D eigenvalue weighted by Gasteiger charge is 2.41. The second-order valence-electron chi connectivity index (χ2n) is 10.5. The van der Waals surface area contributed by atoms with E-state index in [1.807, 2.05) is 20.8 Å². The van der Waals surface area contributed by atoms with Crippen LogP contribution in [0.25, 0.3) is 22.2 Å². The summed E-state index contributed by atoms with van der Waals surface area (Å²) in [5.41, 5.74) is -3.04. The summed E-state index contributed by atoms with van der Waals surface area (Å²) in [7, 11) is -4.04. The molecule has 1 fully saturated rings. The van der Waals surface area contributed by atoms with Crippen LogP contribution in [0.3, 0.4) is 0 Å². The minimum Gasteiger partial charge on any atom is -0.347 e. The lowest BCUT2D eigenvalue weighted by Gasteiger charge is -2.20. The van der Waals surface area contributed by atoms with E-state index in [2.05, 4.69) is 14.7 Å². The Morgan fingerprint density at radius 2 is 1.81 bits per heavy atom. The van der Waals surface area contributed by atoms with E-state index in [1.165, 1.54) is 17.7 Å². The molecule has 0 aliphatic heterocycles. The Morgan fingerprint density at radius 1 is 1.16 bits per heavy atom. The van der Waals surface area contributed by atoms with Gasteiger partial charge in [0.15, 0.2) is 5.69 Å². The predicted molar refractivity (Wildman–Crippen MR) is 126 cm³/mol. The smallest absolute Gasteiger partial charge is 0.347 e. The number of halogens is 6. The van der Waals surface area contributed by atoms with Crippen LogP contribution in [0.1, 0.15) is 56.6 Å². The highest BCUT2D eigenvalue weighted by Crippen LogP contribution is 2.40. The van der Waals surface area contributed by atoms with Crippen LogP contribution >= 0.6 is 0 Å². The molecule has 2 aromatic heterocycles. The van der Waals surface area contributed by atoms with Crippen molar-refractivity contribution in [2.45, 2.75) is 71.0 Å². The summed E-state index contributed by atoms with van der Waals surface area (Å²) in [6.07, 6.45) is -4.99. The third kappa shape index (κ3) is 5.77. The Hall–Kier alpha value is -2.67. The van der Waals surface area contributed by atoms with E-state index in [0.717, 1.165) is 18.3 Å². The molecule has 0 unspecified atom stereocenters. The van der Waals surface area contributed by atoms with Crippen molar-refractivity contribution in [3.8, 4) is 11.3 Å². The zero-order valence-corrected chi connectivity index (χ0v) is 21.3. The Labute approximate surface area is 210 Å². The first-order chi connectivity index (χ1) is 17.0. The van der Waals surface area contributed by atoms with E-state index in [4.69, 9.17) is 0 Å². The number of nitrogens with one attached hydrogen (secondary N) is 1. The van der Waals surface area contributed by atoms with Gasteiger partial charge in [0.1, 0.15) is 17.6 Å². The molecular weight excluding hydrogens is 522 g/mol. The average molecular weight is 549 g/mol. The quantitative estimate of drug-likeness (QED) is 0.368. The van der Waals surface area contributed by atoms with E-state index in [-0.39, 0.29) is 28.7 Å². The number of hydrogen-bond donors (Lipinski definition) is 1. The molecule has 1 saturated carbocycles. The SMILES string of the molecule is Cc1cnc(-c2cc3c(cc2F)c([C@H](NS(=O)(=O)C2CC2)C(F)F)cn3CC(C)(C)C)c(C(F)(F)F)n1. The van der Waals surface area contributed by atoms with Gasteiger partial charge in [-0.25, -0.2) is 31.3 Å². The summed E-state index contributed by atoms with van der Waals surface area (Å²) in [4.78, 5) is 7.29. The van der Waals surface area contributed by atoms with Crippen molar-refractivity contribution < 1.29 is 34.8 Å². The van der Waals surface area contributed by atoms with Crippen molar-refractivity contribution in [2.75, 3.05) is 0 Å². The summed E-state index contributed by atoms with van der Waals surface area (Å²) in [5, 5.41) is -0.802. The lowest BCUT2D eigenvalue weighted by Crippen LogP contribution is -2.35. The first kappa shape index (κ1) is 27.4. The van der Waals surface area contributed by atoms with Crippen LogP contribution in [0.2, 0.25) is 0 Å². The Bertz CT molecular complexity index is 1440. The lowest BCUT2D eigenvalue weighted by molar-refractivity contribution is -0.140. The molecule has 0 spiro atoms. The van der Waals surface area contributed by atoms with Gasteiger partial charge in [0, 0.05) is 41.0 Å². The lowest BCUT2D eigenvalue weighted by atomic mass is 9.97. The number of rotatable bonds is 7. The fraction of sp³-hybridized carbons (Fsp3) is 0.500. The van der Waals surface area contributed by atoms with Gasteiger partial charge in [-0.1, -0.05) is 20.8 Å². The first-order valence-electron chi connectivity index (χ1n) is 11.5. The zero-order chi connectivity index (χ0) is 27.5. The minimum atomic E-state index is -4.92. The molecular formula is C24H26F6N4O2S. The van der Waals surface area contributed by atoms with Crippen LogP contribution in [0.4, 0.5) is 26.3 Å². The number of nitrogens with zero attached hydrogens (tertiary/aromatic N) is 3. The second-order valence-corrected chi connectivity index (χ2v) is 12.5. The number of hydrogen-bond acceptors (Lipinski definition) is 4. The maximum absolute atomic E-state index is 15.4. The van der Waals surface area contributed by atoms with Gasteiger partial charge in [-0.05, 0) is 37.3 Å². The Kier molecular flexibility index (Phi) is 6.85. The molecule has 0 radical (unpaired) electrons. The highest BCUT2D eigenvalue weighted by molar-refractivity contribution is 7.90. The van der Waals surface area contributed by atoms with Crippen LogP contribution in [0.5, 0.6) is 0 Å². The summed E-state index contributed by atoms with van der Waals surface area (Å²) < 4.78 is 113. The average Bonchev–Trinajstić information content (AvgIpc) is 3.56. The van der Waals surface area contributed by atoms with Gasteiger partial charge < -0.3 is 4.57 Å². The summed E-state index contributed by atoms with van der Waals surface area (Å²) in [6, 6.07) is -0.00175. The summed E-state index contributed by atoms with van der Waals surface area (Å²) in [6.45, 7) is 7.12. The molecule has 0 amide bonds. The van der Waals surface area contributed by atoms with E-state index in [0.29, 0.717) is 12.8 Å². The van der Waals surface area contributed by atoms with Crippen LogP contribution in [-0.2, 0) is 22.7 Å². The maximum Gasteiger partial charge on any atom is 0.435 e. The number of alkyl halides is 5. The molecule has 1 aromatic carbocycles. The molecule has 6 nitrogen and oxygen atoms in total. The first-order valence-corrected chi connectivity index (χ1v) is 13.1. The monoisotopic (exact) mass is 548 g/mol. The molecule has 1 aliphatic rings. The number of sulfonamides is 1. The van der Waals surface area contributed by atoms with Gasteiger partial charge in [0.25, 0.3) is 6.43 Å². The highest BCUT2D eigenvalue weighted by atomic mass is 32.2. The van der Waals surface area contributed by atoms with Crippen molar-refractivity contribution in [2.24, 2.45) is 5.41 Å². The van der Waals surface area contributed by atoms with E-state index < -0.39 is 62.1 Å². The van der Waals surface area contributed by atoms with Gasteiger partial charge in [-0.15, -0.1) is 0 Å². The Morgan fingerprint density at radius 3 is 2.35 bits per heavy atom. The maximum atomic E-state index is 15.4. The standard InChI is InChI=1S/C24H26F6N4O2S/c1-12-9-31-19(21(32-12)24(28,29)30)15-8-18-14(7-17(15)25)16(10-34(18)11-23(2,3)4)20(22(26)27)33-37(35,36)13-5-6-13/h7-10,13,20,22,33H,5-6,11H2,1-4H3/t20-/m0/s1. The fourth-order valence-corrected chi connectivity index (χ4v) is 5.72. The van der Waals surface area contributed by atoms with Crippen molar-refractivity contribution in [3.05, 3.63) is 47.3 Å². The van der Waals surface area contributed by atoms with Crippen LogP contribution in [0.15, 0.2) is 24.5 Å². The topological polar surface area (TPSA) is 76.9 Å². The normalized spacial score (nSPS) is 16.1. The van der Waals surface area contributed by atoms with Crippen molar-refractivity contribution in [1.29, 1.82) is 0 Å². The van der Waals surface area contributed by atoms with Crippen LogP contribution < -0.4 is 4.72 Å². The van der Waals surface area contributed by atoms with Crippen molar-refractivity contribution in [1.82, 2.24) is 19.3 Å².